The molecule has 4 aromatic carbocycles. The highest BCUT2D eigenvalue weighted by Gasteiger charge is 2.43. The summed E-state index contributed by atoms with van der Waals surface area (Å²) >= 11 is 0. The number of benzene rings is 4. The van der Waals surface area contributed by atoms with E-state index in [1.807, 2.05) is 80.8 Å². The summed E-state index contributed by atoms with van der Waals surface area (Å²) in [4.78, 5) is 6.95. The molecule has 39 heavy (non-hydrogen) atoms. The first-order chi connectivity index (χ1) is 18.9. The first kappa shape index (κ1) is 26.4. The van der Waals surface area contributed by atoms with Gasteiger partial charge in [-0.3, -0.25) is 0 Å². The van der Waals surface area contributed by atoms with Gasteiger partial charge in [0.05, 0.1) is 18.8 Å². The molecule has 198 valence electrons. The van der Waals surface area contributed by atoms with Crippen molar-refractivity contribution in [2.24, 2.45) is 5.16 Å². The van der Waals surface area contributed by atoms with Gasteiger partial charge in [0.15, 0.2) is 0 Å². The lowest BCUT2D eigenvalue weighted by molar-refractivity contribution is 0.00520. The predicted octanol–water partition coefficient (Wildman–Crippen LogP) is 6.18. The molecule has 0 unspecified atom stereocenters. The zero-order valence-electron chi connectivity index (χ0n) is 22.5. The van der Waals surface area contributed by atoms with Gasteiger partial charge in [0, 0.05) is 23.4 Å². The maximum atomic E-state index is 13.1. The van der Waals surface area contributed by atoms with Crippen molar-refractivity contribution in [2.75, 3.05) is 27.7 Å². The molecule has 1 heterocycles. The Morgan fingerprint density at radius 3 is 2.41 bits per heavy atom. The SMILES string of the molecule is COc1nc2ccc(/C=N/O)cc2cc1[C@@H](c1ccccc1)[C@](O)(CCN(C)C)c1cccc2ccccc12. The standard InChI is InChI=1S/C33H33N3O3/c1-36(2)19-18-33(37,29-15-9-13-24-10-7-8-14-27(24)29)31(25-11-5-4-6-12-25)28-21-26-20-23(22-34-38)16-17-30(26)35-32(28)39-3/h4-17,20-22,31,37-38H,18-19H2,1-3H3/b34-22+/t31-,33+/m1/s1. The Kier molecular flexibility index (Phi) is 7.59. The summed E-state index contributed by atoms with van der Waals surface area (Å²) in [6.45, 7) is 0.670. The van der Waals surface area contributed by atoms with Gasteiger partial charge in [-0.25, -0.2) is 4.98 Å². The Bertz CT molecular complexity index is 1610. The highest BCUT2D eigenvalue weighted by molar-refractivity contribution is 5.90. The normalized spacial score (nSPS) is 14.2. The van der Waals surface area contributed by atoms with Crippen LogP contribution in [0.25, 0.3) is 21.7 Å². The van der Waals surface area contributed by atoms with Gasteiger partial charge < -0.3 is 20.0 Å². The van der Waals surface area contributed by atoms with Crippen LogP contribution in [-0.4, -0.2) is 54.2 Å². The molecule has 0 aliphatic rings. The van der Waals surface area contributed by atoms with E-state index < -0.39 is 11.5 Å². The van der Waals surface area contributed by atoms with Gasteiger partial charge in [0.25, 0.3) is 0 Å². The van der Waals surface area contributed by atoms with Crippen LogP contribution in [0.1, 0.15) is 34.6 Å². The Morgan fingerprint density at radius 1 is 0.923 bits per heavy atom. The maximum absolute atomic E-state index is 13.1. The summed E-state index contributed by atoms with van der Waals surface area (Å²) in [5.74, 6) is -0.0325. The van der Waals surface area contributed by atoms with E-state index in [1.54, 1.807) is 7.11 Å². The van der Waals surface area contributed by atoms with E-state index in [-0.39, 0.29) is 0 Å². The summed E-state index contributed by atoms with van der Waals surface area (Å²) in [6.07, 6.45) is 1.87. The van der Waals surface area contributed by atoms with Gasteiger partial charge in [0.1, 0.15) is 5.60 Å². The zero-order valence-corrected chi connectivity index (χ0v) is 22.5. The van der Waals surface area contributed by atoms with Crippen molar-refractivity contribution in [1.29, 1.82) is 0 Å². The number of oxime groups is 1. The number of ether oxygens (including phenoxy) is 1. The Morgan fingerprint density at radius 2 is 1.67 bits per heavy atom. The van der Waals surface area contributed by atoms with Crippen molar-refractivity contribution in [1.82, 2.24) is 9.88 Å². The van der Waals surface area contributed by atoms with Crippen molar-refractivity contribution in [3.05, 3.63) is 119 Å². The lowest BCUT2D eigenvalue weighted by Crippen LogP contribution is -2.38. The highest BCUT2D eigenvalue weighted by atomic mass is 16.5. The van der Waals surface area contributed by atoms with Crippen LogP contribution in [0.15, 0.2) is 102 Å². The van der Waals surface area contributed by atoms with Crippen LogP contribution in [0, 0.1) is 0 Å². The Labute approximate surface area is 228 Å². The fourth-order valence-corrected chi connectivity index (χ4v) is 5.50. The molecule has 1 aromatic heterocycles. The van der Waals surface area contributed by atoms with Crippen molar-refractivity contribution in [3.8, 4) is 5.88 Å². The molecule has 2 N–H and O–H groups in total. The van der Waals surface area contributed by atoms with Crippen LogP contribution in [-0.2, 0) is 5.60 Å². The van der Waals surface area contributed by atoms with Crippen LogP contribution < -0.4 is 4.74 Å². The van der Waals surface area contributed by atoms with Crippen molar-refractivity contribution >= 4 is 27.9 Å². The van der Waals surface area contributed by atoms with E-state index in [4.69, 9.17) is 14.9 Å². The minimum atomic E-state index is -1.31. The predicted molar refractivity (Wildman–Crippen MR) is 157 cm³/mol. The minimum absolute atomic E-state index is 0.462. The average molecular weight is 520 g/mol. The smallest absolute Gasteiger partial charge is 0.217 e. The number of nitrogens with zero attached hydrogens (tertiary/aromatic N) is 3. The van der Waals surface area contributed by atoms with E-state index in [0.29, 0.717) is 18.8 Å². The molecule has 5 aromatic rings. The molecule has 0 radical (unpaired) electrons. The minimum Gasteiger partial charge on any atom is -0.481 e. The van der Waals surface area contributed by atoms with Gasteiger partial charge in [0.2, 0.25) is 5.88 Å². The summed E-state index contributed by atoms with van der Waals surface area (Å²) in [6, 6.07) is 32.0. The number of aliphatic hydroxyl groups is 1. The second-order valence-corrected chi connectivity index (χ2v) is 10.1. The second-order valence-electron chi connectivity index (χ2n) is 10.1. The topological polar surface area (TPSA) is 78.2 Å². The third-order valence-corrected chi connectivity index (χ3v) is 7.35. The van der Waals surface area contributed by atoms with E-state index in [2.05, 4.69) is 40.4 Å². The summed E-state index contributed by atoms with van der Waals surface area (Å²) < 4.78 is 5.88. The van der Waals surface area contributed by atoms with Crippen molar-refractivity contribution in [2.45, 2.75) is 17.9 Å². The lowest BCUT2D eigenvalue weighted by Gasteiger charge is -2.39. The molecular formula is C33H33N3O3. The zero-order chi connectivity index (χ0) is 27.4. The largest absolute Gasteiger partial charge is 0.481 e. The van der Waals surface area contributed by atoms with Gasteiger partial charge >= 0.3 is 0 Å². The molecule has 6 heteroatoms. The van der Waals surface area contributed by atoms with E-state index in [1.165, 1.54) is 6.21 Å². The maximum Gasteiger partial charge on any atom is 0.217 e. The van der Waals surface area contributed by atoms with Crippen LogP contribution >= 0.6 is 0 Å². The molecule has 5 rings (SSSR count). The molecule has 0 amide bonds. The third kappa shape index (κ3) is 5.21. The first-order valence-electron chi connectivity index (χ1n) is 13.0. The fourth-order valence-electron chi connectivity index (χ4n) is 5.50. The van der Waals surface area contributed by atoms with Gasteiger partial charge in [-0.05, 0) is 66.2 Å². The summed E-state index contributed by atoms with van der Waals surface area (Å²) in [7, 11) is 5.65. The van der Waals surface area contributed by atoms with Crippen LogP contribution in [0.4, 0.5) is 0 Å². The first-order valence-corrected chi connectivity index (χ1v) is 13.0. The Hall–Kier alpha value is -4.26. The number of hydrogen-bond donors (Lipinski definition) is 2. The van der Waals surface area contributed by atoms with Crippen LogP contribution in [0.2, 0.25) is 0 Å². The summed E-state index contributed by atoms with van der Waals surface area (Å²) in [5.41, 5.74) is 2.79. The number of aromatic nitrogens is 1. The highest BCUT2D eigenvalue weighted by Crippen LogP contribution is 2.48. The number of rotatable bonds is 9. The number of fused-ring (bicyclic) bond motifs is 2. The molecule has 0 aliphatic heterocycles. The van der Waals surface area contributed by atoms with Gasteiger partial charge in [-0.15, -0.1) is 0 Å². The number of pyridine rings is 1. The average Bonchev–Trinajstić information content (AvgIpc) is 2.96. The third-order valence-electron chi connectivity index (χ3n) is 7.35. The van der Waals surface area contributed by atoms with Crippen LogP contribution in [0.5, 0.6) is 5.88 Å². The fraction of sp³-hybridized carbons (Fsp3) is 0.212. The molecule has 0 saturated heterocycles. The van der Waals surface area contributed by atoms with E-state index in [9.17, 15) is 5.11 Å². The lowest BCUT2D eigenvalue weighted by atomic mass is 9.70. The van der Waals surface area contributed by atoms with Crippen LogP contribution in [0.3, 0.4) is 0 Å². The molecule has 2 atom stereocenters. The molecule has 0 fully saturated rings. The summed E-state index contributed by atoms with van der Waals surface area (Å²) in [5, 5.41) is 28.3. The molecule has 0 saturated carbocycles. The molecule has 0 bridgehead atoms. The second kappa shape index (κ2) is 11.2. The van der Waals surface area contributed by atoms with Crippen molar-refractivity contribution < 1.29 is 15.1 Å². The molecular weight excluding hydrogens is 486 g/mol. The quantitative estimate of drug-likeness (QED) is 0.138. The van der Waals surface area contributed by atoms with Gasteiger partial charge in [-0.1, -0.05) is 84.0 Å². The monoisotopic (exact) mass is 519 g/mol. The van der Waals surface area contributed by atoms with E-state index >= 15 is 0 Å². The number of methoxy groups -OCH3 is 1. The molecule has 6 nitrogen and oxygen atoms in total. The van der Waals surface area contributed by atoms with Crippen molar-refractivity contribution in [3.63, 3.8) is 0 Å². The molecule has 0 aliphatic carbocycles. The van der Waals surface area contributed by atoms with E-state index in [0.717, 1.165) is 43.9 Å². The van der Waals surface area contributed by atoms with Gasteiger partial charge in [-0.2, -0.15) is 0 Å². The number of hydrogen-bond acceptors (Lipinski definition) is 6. The molecule has 0 spiro atoms. The Balaban J connectivity index is 1.83.